The van der Waals surface area contributed by atoms with Gasteiger partial charge in [-0.05, 0) is 18.2 Å². The molecule has 0 N–H and O–H groups in total. The molecular formula is C13H6Cl3FN2. The molecule has 0 aliphatic rings. The van der Waals surface area contributed by atoms with Crippen molar-refractivity contribution < 1.29 is 4.39 Å². The third-order valence-corrected chi connectivity index (χ3v) is 3.28. The molecule has 0 saturated heterocycles. The van der Waals surface area contributed by atoms with E-state index in [1.165, 1.54) is 18.2 Å². The van der Waals surface area contributed by atoms with Crippen molar-refractivity contribution in [1.29, 1.82) is 5.26 Å². The van der Waals surface area contributed by atoms with Crippen molar-refractivity contribution in [2.45, 2.75) is 6.42 Å². The van der Waals surface area contributed by atoms with Crippen LogP contribution in [-0.2, 0) is 6.42 Å². The van der Waals surface area contributed by atoms with Gasteiger partial charge in [0.15, 0.2) is 0 Å². The third kappa shape index (κ3) is 2.98. The van der Waals surface area contributed by atoms with Crippen LogP contribution >= 0.6 is 34.8 Å². The average Bonchev–Trinajstić information content (AvgIpc) is 2.32. The molecule has 2 aromatic rings. The molecule has 1 heterocycles. The highest BCUT2D eigenvalue weighted by atomic mass is 35.5. The average molecular weight is 316 g/mol. The van der Waals surface area contributed by atoms with E-state index in [1.807, 2.05) is 6.07 Å². The molecule has 0 spiro atoms. The molecule has 0 unspecified atom stereocenters. The van der Waals surface area contributed by atoms with Crippen molar-refractivity contribution in [2.75, 3.05) is 0 Å². The minimum absolute atomic E-state index is 0.0514. The molecule has 0 aliphatic carbocycles. The monoisotopic (exact) mass is 314 g/mol. The Bertz CT molecular complexity index is 657. The second-order valence-electron chi connectivity index (χ2n) is 3.74. The van der Waals surface area contributed by atoms with Gasteiger partial charge >= 0.3 is 0 Å². The number of hydrogen-bond donors (Lipinski definition) is 0. The molecule has 2 rings (SSSR count). The number of nitrogens with zero attached hydrogens (tertiary/aromatic N) is 2. The topological polar surface area (TPSA) is 36.7 Å². The summed E-state index contributed by atoms with van der Waals surface area (Å²) in [5, 5.41) is 9.68. The van der Waals surface area contributed by atoms with Gasteiger partial charge < -0.3 is 0 Å². The maximum absolute atomic E-state index is 13.4. The molecule has 0 aliphatic heterocycles. The minimum atomic E-state index is -0.536. The van der Waals surface area contributed by atoms with Crippen molar-refractivity contribution in [3.05, 3.63) is 50.8 Å². The van der Waals surface area contributed by atoms with Crippen LogP contribution in [0.25, 0.3) is 11.3 Å². The molecule has 0 bridgehead atoms. The van der Waals surface area contributed by atoms with Crippen LogP contribution in [-0.4, -0.2) is 4.98 Å². The number of nitriles is 1. The summed E-state index contributed by atoms with van der Waals surface area (Å²) in [6, 6.07) is 6.40. The van der Waals surface area contributed by atoms with Gasteiger partial charge in [0, 0.05) is 16.1 Å². The van der Waals surface area contributed by atoms with Gasteiger partial charge in [0.25, 0.3) is 0 Å². The van der Waals surface area contributed by atoms with E-state index in [0.717, 1.165) is 6.20 Å². The molecule has 0 fully saturated rings. The van der Waals surface area contributed by atoms with Crippen LogP contribution in [0.5, 0.6) is 0 Å². The van der Waals surface area contributed by atoms with Crippen LogP contribution in [0.2, 0.25) is 15.1 Å². The van der Waals surface area contributed by atoms with Gasteiger partial charge in [-0.2, -0.15) is 5.26 Å². The second-order valence-corrected chi connectivity index (χ2v) is 4.99. The number of halogens is 4. The number of hydrogen-bond acceptors (Lipinski definition) is 2. The third-order valence-electron chi connectivity index (χ3n) is 2.47. The first-order valence-electron chi connectivity index (χ1n) is 5.19. The minimum Gasteiger partial charge on any atom is -0.253 e. The fourth-order valence-corrected chi connectivity index (χ4v) is 2.64. The SMILES string of the molecule is N#CCc1cc(-c2c(Cl)cc(Cl)cc2Cl)ncc1F. The van der Waals surface area contributed by atoms with Crippen molar-refractivity contribution in [2.24, 2.45) is 0 Å². The fraction of sp³-hybridized carbons (Fsp3) is 0.0769. The van der Waals surface area contributed by atoms with Crippen LogP contribution in [0.4, 0.5) is 4.39 Å². The number of pyridine rings is 1. The van der Waals surface area contributed by atoms with Gasteiger partial charge in [-0.3, -0.25) is 4.98 Å². The Morgan fingerprint density at radius 1 is 1.16 bits per heavy atom. The van der Waals surface area contributed by atoms with Crippen LogP contribution in [0, 0.1) is 17.1 Å². The van der Waals surface area contributed by atoms with E-state index in [9.17, 15) is 4.39 Å². The van der Waals surface area contributed by atoms with E-state index in [1.54, 1.807) is 0 Å². The lowest BCUT2D eigenvalue weighted by Crippen LogP contribution is -1.94. The molecule has 1 aromatic heterocycles. The molecule has 2 nitrogen and oxygen atoms in total. The Morgan fingerprint density at radius 3 is 2.37 bits per heavy atom. The number of rotatable bonds is 2. The molecule has 19 heavy (non-hydrogen) atoms. The Morgan fingerprint density at radius 2 is 1.79 bits per heavy atom. The van der Waals surface area contributed by atoms with Crippen molar-refractivity contribution in [3.63, 3.8) is 0 Å². The van der Waals surface area contributed by atoms with E-state index >= 15 is 0 Å². The van der Waals surface area contributed by atoms with Crippen LogP contribution in [0.1, 0.15) is 5.56 Å². The zero-order valence-corrected chi connectivity index (χ0v) is 11.7. The first-order valence-corrected chi connectivity index (χ1v) is 6.32. The Balaban J connectivity index is 2.60. The summed E-state index contributed by atoms with van der Waals surface area (Å²) in [5.74, 6) is -0.536. The smallest absolute Gasteiger partial charge is 0.145 e. The highest BCUT2D eigenvalue weighted by Gasteiger charge is 2.13. The summed E-state index contributed by atoms with van der Waals surface area (Å²) < 4.78 is 13.4. The molecule has 0 amide bonds. The molecule has 96 valence electrons. The molecule has 0 radical (unpaired) electrons. The van der Waals surface area contributed by atoms with Gasteiger partial charge in [-0.25, -0.2) is 4.39 Å². The summed E-state index contributed by atoms with van der Waals surface area (Å²) in [7, 11) is 0. The lowest BCUT2D eigenvalue weighted by Gasteiger charge is -2.08. The lowest BCUT2D eigenvalue weighted by molar-refractivity contribution is 0.609. The maximum atomic E-state index is 13.4. The van der Waals surface area contributed by atoms with Crippen LogP contribution < -0.4 is 0 Å². The van der Waals surface area contributed by atoms with Crippen molar-refractivity contribution in [3.8, 4) is 17.3 Å². The van der Waals surface area contributed by atoms with Crippen LogP contribution in [0.15, 0.2) is 24.4 Å². The van der Waals surface area contributed by atoms with E-state index < -0.39 is 5.82 Å². The van der Waals surface area contributed by atoms with Crippen molar-refractivity contribution in [1.82, 2.24) is 4.98 Å². The Kier molecular flexibility index (Phi) is 4.26. The summed E-state index contributed by atoms with van der Waals surface area (Å²) in [4.78, 5) is 3.95. The van der Waals surface area contributed by atoms with Crippen molar-refractivity contribution >= 4 is 34.8 Å². The predicted octanol–water partition coefficient (Wildman–Crippen LogP) is 4.91. The fourth-order valence-electron chi connectivity index (χ4n) is 1.62. The highest BCUT2D eigenvalue weighted by Crippen LogP contribution is 2.36. The Labute approximate surface area is 124 Å². The molecular weight excluding hydrogens is 310 g/mol. The molecule has 1 aromatic carbocycles. The zero-order chi connectivity index (χ0) is 14.0. The van der Waals surface area contributed by atoms with E-state index in [0.29, 0.717) is 26.3 Å². The van der Waals surface area contributed by atoms with Gasteiger partial charge in [-0.1, -0.05) is 34.8 Å². The quantitative estimate of drug-likeness (QED) is 0.789. The van der Waals surface area contributed by atoms with E-state index in [-0.39, 0.29) is 12.0 Å². The zero-order valence-electron chi connectivity index (χ0n) is 9.42. The summed E-state index contributed by atoms with van der Waals surface area (Å²) in [6.07, 6.45) is 0.994. The van der Waals surface area contributed by atoms with Gasteiger partial charge in [0.2, 0.25) is 0 Å². The number of aromatic nitrogens is 1. The normalized spacial score (nSPS) is 10.3. The molecule has 6 heteroatoms. The summed E-state index contributed by atoms with van der Waals surface area (Å²) in [6.45, 7) is 0. The standard InChI is InChI=1S/C13H6Cl3FN2/c14-8-4-9(15)13(10(16)5-8)12-3-7(1-2-18)11(17)6-19-12/h3-6H,1H2. The second kappa shape index (κ2) is 5.75. The number of benzene rings is 1. The lowest BCUT2D eigenvalue weighted by atomic mass is 10.1. The summed E-state index contributed by atoms with van der Waals surface area (Å²) in [5.41, 5.74) is 1.11. The maximum Gasteiger partial charge on any atom is 0.145 e. The largest absolute Gasteiger partial charge is 0.253 e. The van der Waals surface area contributed by atoms with E-state index in [4.69, 9.17) is 40.1 Å². The first kappa shape index (κ1) is 14.1. The van der Waals surface area contributed by atoms with Crippen LogP contribution in [0.3, 0.4) is 0 Å². The highest BCUT2D eigenvalue weighted by molar-refractivity contribution is 6.41. The molecule has 0 saturated carbocycles. The Hall–Kier alpha value is -1.34. The summed E-state index contributed by atoms with van der Waals surface area (Å²) >= 11 is 18.0. The predicted molar refractivity (Wildman–Crippen MR) is 74.0 cm³/mol. The molecule has 0 atom stereocenters. The first-order chi connectivity index (χ1) is 9.02. The van der Waals surface area contributed by atoms with E-state index in [2.05, 4.69) is 4.98 Å². The van der Waals surface area contributed by atoms with Gasteiger partial charge in [0.05, 0.1) is 34.4 Å². The van der Waals surface area contributed by atoms with Gasteiger partial charge in [-0.15, -0.1) is 0 Å². The van der Waals surface area contributed by atoms with Gasteiger partial charge in [0.1, 0.15) is 5.82 Å².